The van der Waals surface area contributed by atoms with Crippen LogP contribution in [0.5, 0.6) is 0 Å². The Morgan fingerprint density at radius 1 is 1.25 bits per heavy atom. The van der Waals surface area contributed by atoms with E-state index in [0.29, 0.717) is 0 Å². The molecule has 0 radical (unpaired) electrons. The molecule has 4 heteroatoms. The van der Waals surface area contributed by atoms with Gasteiger partial charge in [0.1, 0.15) is 5.78 Å². The first kappa shape index (κ1) is 10.8. The average molecular weight is 172 g/mol. The highest BCUT2D eigenvalue weighted by Crippen LogP contribution is 2.21. The monoisotopic (exact) mass is 172 g/mol. The number of carbonyl (C=O) groups is 3. The van der Waals surface area contributed by atoms with Crippen molar-refractivity contribution in [1.29, 1.82) is 0 Å². The number of Topliss-reactive ketones (excluding diaryl/α,β-unsaturated/α-hetero) is 2. The summed E-state index contributed by atoms with van der Waals surface area (Å²) in [5.41, 5.74) is -1.09. The Kier molecular flexibility index (Phi) is 3.13. The lowest BCUT2D eigenvalue weighted by Gasteiger charge is -2.17. The van der Waals surface area contributed by atoms with Gasteiger partial charge in [-0.3, -0.25) is 9.59 Å². The average Bonchev–Trinajstić information content (AvgIpc) is 1.82. The maximum atomic E-state index is 10.9. The Labute approximate surface area is 70.6 Å². The van der Waals surface area contributed by atoms with Crippen molar-refractivity contribution in [2.45, 2.75) is 27.2 Å². The first-order chi connectivity index (χ1) is 5.27. The first-order valence-electron chi connectivity index (χ1n) is 3.54. The van der Waals surface area contributed by atoms with Crippen molar-refractivity contribution < 1.29 is 19.5 Å². The summed E-state index contributed by atoms with van der Waals surface area (Å²) in [6.45, 7) is 4.23. The number of carboxylic acids is 1. The van der Waals surface area contributed by atoms with E-state index in [0.717, 1.165) is 0 Å². The highest BCUT2D eigenvalue weighted by atomic mass is 16.4. The molecule has 1 N–H and O–H groups in total. The molecule has 12 heavy (non-hydrogen) atoms. The fourth-order valence-electron chi connectivity index (χ4n) is 0.992. The predicted octanol–water partition coefficient (Wildman–Crippen LogP) is 0.645. The molecule has 0 heterocycles. The van der Waals surface area contributed by atoms with E-state index < -0.39 is 17.2 Å². The number of carboxylic acid groups (broad SMARTS) is 1. The van der Waals surface area contributed by atoms with Crippen LogP contribution >= 0.6 is 0 Å². The van der Waals surface area contributed by atoms with Crippen molar-refractivity contribution in [3.05, 3.63) is 0 Å². The Hall–Kier alpha value is -1.19. The van der Waals surface area contributed by atoms with Crippen LogP contribution in [0.25, 0.3) is 0 Å². The van der Waals surface area contributed by atoms with Gasteiger partial charge in [0, 0.05) is 11.8 Å². The van der Waals surface area contributed by atoms with Crippen LogP contribution in [0.2, 0.25) is 0 Å². The van der Waals surface area contributed by atoms with Gasteiger partial charge in [0.05, 0.1) is 0 Å². The highest BCUT2D eigenvalue weighted by Gasteiger charge is 2.33. The molecule has 0 aromatic heterocycles. The third-order valence-corrected chi connectivity index (χ3v) is 1.50. The Bertz CT molecular complexity index is 227. The highest BCUT2D eigenvalue weighted by molar-refractivity contribution is 6.35. The molecule has 0 fully saturated rings. The van der Waals surface area contributed by atoms with Gasteiger partial charge >= 0.3 is 5.97 Å². The molecular formula is C8H12O4. The molecule has 0 spiro atoms. The van der Waals surface area contributed by atoms with Gasteiger partial charge < -0.3 is 5.11 Å². The van der Waals surface area contributed by atoms with Crippen LogP contribution in [0.15, 0.2) is 0 Å². The fraction of sp³-hybridized carbons (Fsp3) is 0.625. The normalized spacial score (nSPS) is 10.9. The van der Waals surface area contributed by atoms with Gasteiger partial charge in [-0.15, -0.1) is 0 Å². The van der Waals surface area contributed by atoms with E-state index in [9.17, 15) is 14.4 Å². The lowest BCUT2D eigenvalue weighted by atomic mass is 9.83. The summed E-state index contributed by atoms with van der Waals surface area (Å²) >= 11 is 0. The maximum Gasteiger partial charge on any atom is 0.372 e. The van der Waals surface area contributed by atoms with Crippen molar-refractivity contribution in [1.82, 2.24) is 0 Å². The molecule has 0 saturated carbocycles. The van der Waals surface area contributed by atoms with E-state index in [1.165, 1.54) is 20.8 Å². The van der Waals surface area contributed by atoms with Crippen molar-refractivity contribution in [3.63, 3.8) is 0 Å². The Morgan fingerprint density at radius 3 is 1.92 bits per heavy atom. The third-order valence-electron chi connectivity index (χ3n) is 1.50. The minimum absolute atomic E-state index is 0.0296. The van der Waals surface area contributed by atoms with E-state index in [2.05, 4.69) is 0 Å². The summed E-state index contributed by atoms with van der Waals surface area (Å²) in [4.78, 5) is 31.9. The van der Waals surface area contributed by atoms with Gasteiger partial charge in [0.15, 0.2) is 0 Å². The quantitative estimate of drug-likeness (QED) is 0.632. The number of hydrogen-bond donors (Lipinski definition) is 1. The topological polar surface area (TPSA) is 71.4 Å². The molecule has 0 aliphatic carbocycles. The lowest BCUT2D eigenvalue weighted by Crippen LogP contribution is -2.32. The van der Waals surface area contributed by atoms with Crippen LogP contribution in [0, 0.1) is 5.41 Å². The van der Waals surface area contributed by atoms with E-state index in [1.54, 1.807) is 0 Å². The van der Waals surface area contributed by atoms with Crippen LogP contribution in [-0.2, 0) is 14.4 Å². The van der Waals surface area contributed by atoms with Crippen LogP contribution in [0.3, 0.4) is 0 Å². The molecule has 0 atom stereocenters. The Morgan fingerprint density at radius 2 is 1.67 bits per heavy atom. The van der Waals surface area contributed by atoms with E-state index in [4.69, 9.17) is 5.11 Å². The molecule has 0 aliphatic rings. The number of ketones is 2. The van der Waals surface area contributed by atoms with Crippen LogP contribution in [-0.4, -0.2) is 22.6 Å². The van der Waals surface area contributed by atoms with Crippen molar-refractivity contribution in [3.8, 4) is 0 Å². The molecule has 0 unspecified atom stereocenters. The van der Waals surface area contributed by atoms with E-state index >= 15 is 0 Å². The molecule has 68 valence electrons. The second kappa shape index (κ2) is 3.47. The van der Waals surface area contributed by atoms with Crippen molar-refractivity contribution in [2.24, 2.45) is 5.41 Å². The zero-order valence-corrected chi connectivity index (χ0v) is 7.38. The number of carbonyl (C=O) groups excluding carboxylic acids is 2. The van der Waals surface area contributed by atoms with Crippen LogP contribution in [0.4, 0.5) is 0 Å². The standard InChI is InChI=1S/C8H12O4/c1-5(9)4-8(2,3)6(10)7(11)12/h4H2,1-3H3,(H,11,12). The molecular weight excluding hydrogens is 160 g/mol. The summed E-state index contributed by atoms with van der Waals surface area (Å²) in [6.07, 6.45) is -0.0296. The minimum atomic E-state index is -1.48. The van der Waals surface area contributed by atoms with Gasteiger partial charge in [-0.05, 0) is 6.92 Å². The van der Waals surface area contributed by atoms with E-state index in [1.807, 2.05) is 0 Å². The second-order valence-electron chi connectivity index (χ2n) is 3.40. The maximum absolute atomic E-state index is 10.9. The number of aliphatic carboxylic acids is 1. The molecule has 0 aromatic rings. The van der Waals surface area contributed by atoms with Crippen LogP contribution < -0.4 is 0 Å². The van der Waals surface area contributed by atoms with Gasteiger partial charge in [-0.25, -0.2) is 4.79 Å². The minimum Gasteiger partial charge on any atom is -0.475 e. The molecule has 0 rings (SSSR count). The second-order valence-corrected chi connectivity index (χ2v) is 3.40. The predicted molar refractivity (Wildman–Crippen MR) is 41.7 cm³/mol. The zero-order valence-electron chi connectivity index (χ0n) is 7.38. The molecule has 0 amide bonds. The first-order valence-corrected chi connectivity index (χ1v) is 3.54. The van der Waals surface area contributed by atoms with Crippen molar-refractivity contribution in [2.75, 3.05) is 0 Å². The number of rotatable bonds is 4. The molecule has 0 aliphatic heterocycles. The lowest BCUT2D eigenvalue weighted by molar-refractivity contribution is -0.154. The summed E-state index contributed by atoms with van der Waals surface area (Å²) < 4.78 is 0. The summed E-state index contributed by atoms with van der Waals surface area (Å²) in [5, 5.41) is 8.37. The fourth-order valence-corrected chi connectivity index (χ4v) is 0.992. The molecule has 0 aromatic carbocycles. The largest absolute Gasteiger partial charge is 0.475 e. The smallest absolute Gasteiger partial charge is 0.372 e. The van der Waals surface area contributed by atoms with Gasteiger partial charge in [-0.2, -0.15) is 0 Å². The molecule has 0 bridgehead atoms. The van der Waals surface area contributed by atoms with Gasteiger partial charge in [0.2, 0.25) is 5.78 Å². The third kappa shape index (κ3) is 2.82. The van der Waals surface area contributed by atoms with E-state index in [-0.39, 0.29) is 12.2 Å². The molecule has 4 nitrogen and oxygen atoms in total. The Balaban J connectivity index is 4.50. The van der Waals surface area contributed by atoms with Crippen molar-refractivity contribution >= 4 is 17.5 Å². The van der Waals surface area contributed by atoms with Crippen LogP contribution in [0.1, 0.15) is 27.2 Å². The van der Waals surface area contributed by atoms with Gasteiger partial charge in [0.25, 0.3) is 0 Å². The summed E-state index contributed by atoms with van der Waals surface area (Å²) in [7, 11) is 0. The SMILES string of the molecule is CC(=O)CC(C)(C)C(=O)C(=O)O. The molecule has 0 saturated heterocycles. The number of hydrogen-bond acceptors (Lipinski definition) is 3. The zero-order chi connectivity index (χ0) is 9.94. The van der Waals surface area contributed by atoms with Gasteiger partial charge in [-0.1, -0.05) is 13.8 Å². The summed E-state index contributed by atoms with van der Waals surface area (Å²) in [5.74, 6) is -2.59. The summed E-state index contributed by atoms with van der Waals surface area (Å²) in [6, 6.07) is 0.